The molecule has 22 heavy (non-hydrogen) atoms. The molecule has 1 heterocycles. The van der Waals surface area contributed by atoms with Gasteiger partial charge in [-0.15, -0.1) is 23.7 Å². The van der Waals surface area contributed by atoms with E-state index in [9.17, 15) is 9.18 Å². The third-order valence-corrected chi connectivity index (χ3v) is 4.02. The van der Waals surface area contributed by atoms with E-state index in [1.54, 1.807) is 11.4 Å². The van der Waals surface area contributed by atoms with Gasteiger partial charge in [0.1, 0.15) is 5.82 Å². The minimum Gasteiger partial charge on any atom is -0.320 e. The molecule has 2 aromatic rings. The number of carbonyl (C=O) groups is 1. The molecule has 120 valence electrons. The Morgan fingerprint density at radius 2 is 2.14 bits per heavy atom. The van der Waals surface area contributed by atoms with Crippen molar-refractivity contribution in [3.8, 4) is 11.3 Å². The van der Waals surface area contributed by atoms with E-state index in [2.05, 4.69) is 10.3 Å². The monoisotopic (exact) mass is 363 g/mol. The molecule has 1 aromatic heterocycles. The van der Waals surface area contributed by atoms with Gasteiger partial charge in [-0.25, -0.2) is 9.37 Å². The molecule has 0 aliphatic rings. The van der Waals surface area contributed by atoms with Gasteiger partial charge in [-0.3, -0.25) is 4.79 Å². The molecule has 0 bridgehead atoms. The largest absolute Gasteiger partial charge is 0.320 e. The average molecular weight is 364 g/mol. The summed E-state index contributed by atoms with van der Waals surface area (Å²) in [6.45, 7) is 3.75. The smallest absolute Gasteiger partial charge is 0.243 e. The zero-order valence-corrected chi connectivity index (χ0v) is 14.4. The number of hydrogen-bond donors (Lipinski definition) is 2. The molecule has 0 aliphatic heterocycles. The Kier molecular flexibility index (Phi) is 6.74. The molecule has 1 atom stereocenters. The maximum Gasteiger partial charge on any atom is 0.243 e. The third kappa shape index (κ3) is 4.39. The van der Waals surface area contributed by atoms with Gasteiger partial charge in [0.15, 0.2) is 5.13 Å². The second-order valence-corrected chi connectivity index (χ2v) is 6.19. The van der Waals surface area contributed by atoms with Gasteiger partial charge in [0.25, 0.3) is 0 Å². The summed E-state index contributed by atoms with van der Waals surface area (Å²) in [5.41, 5.74) is 7.08. The Morgan fingerprint density at radius 3 is 2.73 bits per heavy atom. The van der Waals surface area contributed by atoms with E-state index >= 15 is 0 Å². The van der Waals surface area contributed by atoms with E-state index in [1.165, 1.54) is 23.5 Å². The Bertz CT molecular complexity index is 663. The number of thiazole rings is 1. The number of nitrogens with zero attached hydrogens (tertiary/aromatic N) is 1. The predicted molar refractivity (Wildman–Crippen MR) is 91.2 cm³/mol. The van der Waals surface area contributed by atoms with Gasteiger partial charge in [0.2, 0.25) is 5.91 Å². The first-order valence-electron chi connectivity index (χ1n) is 6.36. The number of anilines is 1. The second kappa shape index (κ2) is 7.87. The summed E-state index contributed by atoms with van der Waals surface area (Å²) in [6.07, 6.45) is 0. The number of rotatable bonds is 4. The van der Waals surface area contributed by atoms with Crippen molar-refractivity contribution in [3.63, 3.8) is 0 Å². The van der Waals surface area contributed by atoms with Crippen LogP contribution < -0.4 is 11.1 Å². The first-order chi connectivity index (χ1) is 9.88. The van der Waals surface area contributed by atoms with Crippen LogP contribution in [0.2, 0.25) is 5.02 Å². The van der Waals surface area contributed by atoms with Crippen molar-refractivity contribution in [2.75, 3.05) is 5.32 Å². The van der Waals surface area contributed by atoms with Crippen molar-refractivity contribution in [3.05, 3.63) is 34.4 Å². The summed E-state index contributed by atoms with van der Waals surface area (Å²) in [6, 6.07) is 3.78. The van der Waals surface area contributed by atoms with Crippen LogP contribution in [0.3, 0.4) is 0 Å². The van der Waals surface area contributed by atoms with Crippen molar-refractivity contribution in [1.82, 2.24) is 4.98 Å². The molecule has 0 saturated heterocycles. The molecule has 0 aliphatic carbocycles. The summed E-state index contributed by atoms with van der Waals surface area (Å²) >= 11 is 7.02. The Morgan fingerprint density at radius 1 is 1.45 bits per heavy atom. The van der Waals surface area contributed by atoms with Gasteiger partial charge in [0, 0.05) is 10.9 Å². The van der Waals surface area contributed by atoms with Gasteiger partial charge < -0.3 is 11.1 Å². The average Bonchev–Trinajstić information content (AvgIpc) is 2.89. The van der Waals surface area contributed by atoms with Crippen LogP contribution >= 0.6 is 35.3 Å². The highest BCUT2D eigenvalue weighted by Crippen LogP contribution is 2.28. The Balaban J connectivity index is 0.00000242. The van der Waals surface area contributed by atoms with Gasteiger partial charge in [-0.05, 0) is 24.1 Å². The quantitative estimate of drug-likeness (QED) is 0.863. The summed E-state index contributed by atoms with van der Waals surface area (Å²) in [7, 11) is 0. The molecule has 8 heteroatoms. The highest BCUT2D eigenvalue weighted by molar-refractivity contribution is 7.14. The van der Waals surface area contributed by atoms with Gasteiger partial charge in [-0.2, -0.15) is 0 Å². The number of hydrogen-bond acceptors (Lipinski definition) is 4. The van der Waals surface area contributed by atoms with Crippen LogP contribution in [0, 0.1) is 11.7 Å². The Hall–Kier alpha value is -1.21. The van der Waals surface area contributed by atoms with E-state index in [1.807, 2.05) is 13.8 Å². The fourth-order valence-corrected chi connectivity index (χ4v) is 2.51. The topological polar surface area (TPSA) is 68.0 Å². The summed E-state index contributed by atoms with van der Waals surface area (Å²) in [5, 5.41) is 4.93. The fraction of sp³-hybridized carbons (Fsp3) is 0.286. The molecule has 1 amide bonds. The lowest BCUT2D eigenvalue weighted by molar-refractivity contribution is -0.118. The van der Waals surface area contributed by atoms with Crippen molar-refractivity contribution in [2.45, 2.75) is 19.9 Å². The lowest BCUT2D eigenvalue weighted by Gasteiger charge is -2.13. The molecule has 0 unspecified atom stereocenters. The zero-order chi connectivity index (χ0) is 15.6. The minimum absolute atomic E-state index is 0. The normalized spacial score (nSPS) is 11.9. The van der Waals surface area contributed by atoms with Crippen LogP contribution in [0.1, 0.15) is 13.8 Å². The minimum atomic E-state index is -0.586. The first kappa shape index (κ1) is 18.8. The van der Waals surface area contributed by atoms with E-state index in [0.717, 1.165) is 0 Å². The predicted octanol–water partition coefficient (Wildman–Crippen LogP) is 3.95. The van der Waals surface area contributed by atoms with E-state index in [-0.39, 0.29) is 29.3 Å². The highest BCUT2D eigenvalue weighted by Gasteiger charge is 2.18. The molecular weight excluding hydrogens is 348 g/mol. The van der Waals surface area contributed by atoms with Crippen LogP contribution in [0.5, 0.6) is 0 Å². The van der Waals surface area contributed by atoms with E-state index in [0.29, 0.717) is 16.4 Å². The number of amides is 1. The highest BCUT2D eigenvalue weighted by atomic mass is 35.5. The van der Waals surface area contributed by atoms with Crippen molar-refractivity contribution in [1.29, 1.82) is 0 Å². The molecule has 3 N–H and O–H groups in total. The van der Waals surface area contributed by atoms with Crippen LogP contribution in [0.4, 0.5) is 9.52 Å². The maximum atomic E-state index is 13.1. The van der Waals surface area contributed by atoms with Gasteiger partial charge in [-0.1, -0.05) is 25.4 Å². The maximum absolute atomic E-state index is 13.1. The third-order valence-electron chi connectivity index (χ3n) is 2.97. The number of halogens is 3. The first-order valence-corrected chi connectivity index (χ1v) is 7.61. The molecule has 2 rings (SSSR count). The van der Waals surface area contributed by atoms with E-state index < -0.39 is 11.9 Å². The summed E-state index contributed by atoms with van der Waals surface area (Å²) in [5.74, 6) is -0.713. The van der Waals surface area contributed by atoms with Crippen molar-refractivity contribution >= 4 is 46.4 Å². The van der Waals surface area contributed by atoms with Gasteiger partial charge in [0.05, 0.1) is 16.8 Å². The SMILES string of the molecule is CC(C)[C@H](N)C(=O)Nc1nc(-c2ccc(F)c(Cl)c2)cs1.Cl. The standard InChI is InChI=1S/C14H15ClFN3OS.ClH/c1-7(2)12(17)13(20)19-14-18-11(6-21-14)8-3-4-10(16)9(15)5-8;/h3-7,12H,17H2,1-2H3,(H,18,19,20);1H/t12-;/m0./s1. The molecule has 0 saturated carbocycles. The van der Waals surface area contributed by atoms with E-state index in [4.69, 9.17) is 17.3 Å². The zero-order valence-electron chi connectivity index (χ0n) is 12.0. The lowest BCUT2D eigenvalue weighted by atomic mass is 10.1. The second-order valence-electron chi connectivity index (χ2n) is 4.93. The van der Waals surface area contributed by atoms with Crippen LogP contribution in [0.25, 0.3) is 11.3 Å². The fourth-order valence-electron chi connectivity index (χ4n) is 1.61. The lowest BCUT2D eigenvalue weighted by Crippen LogP contribution is -2.39. The number of carbonyl (C=O) groups excluding carboxylic acids is 1. The summed E-state index contributed by atoms with van der Waals surface area (Å²) in [4.78, 5) is 16.1. The van der Waals surface area contributed by atoms with Crippen LogP contribution in [-0.2, 0) is 4.79 Å². The molecule has 0 radical (unpaired) electrons. The number of nitrogens with two attached hydrogens (primary N) is 1. The number of nitrogens with one attached hydrogen (secondary N) is 1. The van der Waals surface area contributed by atoms with Crippen LogP contribution in [0.15, 0.2) is 23.6 Å². The van der Waals surface area contributed by atoms with Gasteiger partial charge >= 0.3 is 0 Å². The molecule has 4 nitrogen and oxygen atoms in total. The van der Waals surface area contributed by atoms with Crippen molar-refractivity contribution < 1.29 is 9.18 Å². The number of aromatic nitrogens is 1. The number of benzene rings is 1. The molecule has 1 aromatic carbocycles. The van der Waals surface area contributed by atoms with Crippen LogP contribution in [-0.4, -0.2) is 16.9 Å². The Labute approximate surface area is 143 Å². The molecular formula is C14H16Cl2FN3OS. The van der Waals surface area contributed by atoms with Crippen molar-refractivity contribution in [2.24, 2.45) is 11.7 Å². The molecule has 0 fully saturated rings. The molecule has 0 spiro atoms. The summed E-state index contributed by atoms with van der Waals surface area (Å²) < 4.78 is 13.1.